The minimum absolute atomic E-state index is 0.0752. The monoisotopic (exact) mass is 581 g/mol. The summed E-state index contributed by atoms with van der Waals surface area (Å²) in [5.74, 6) is -0.0752. The van der Waals surface area contributed by atoms with Crippen LogP contribution in [0.2, 0.25) is 5.02 Å². The van der Waals surface area contributed by atoms with E-state index in [2.05, 4.69) is 88.3 Å². The first-order chi connectivity index (χ1) is 20.0. The molecule has 41 heavy (non-hydrogen) atoms. The molecule has 0 bridgehead atoms. The summed E-state index contributed by atoms with van der Waals surface area (Å²) in [6.45, 7) is 0.233. The zero-order valence-electron chi connectivity index (χ0n) is 22.6. The molecule has 5 rings (SSSR count). The van der Waals surface area contributed by atoms with Crippen LogP contribution in [0.3, 0.4) is 0 Å². The van der Waals surface area contributed by atoms with E-state index in [1.54, 1.807) is 18.2 Å². The smallest absolute Gasteiger partial charge is 0.215 e. The van der Waals surface area contributed by atoms with Crippen molar-refractivity contribution in [3.63, 3.8) is 0 Å². The van der Waals surface area contributed by atoms with Gasteiger partial charge in [-0.25, -0.2) is 18.1 Å². The molecule has 0 unspecified atom stereocenters. The number of nitrogens with one attached hydrogen (secondary N) is 1. The van der Waals surface area contributed by atoms with Crippen molar-refractivity contribution in [3.05, 3.63) is 173 Å². The third-order valence-corrected chi connectivity index (χ3v) is 8.52. The second kappa shape index (κ2) is 13.1. The Balaban J connectivity index is 1.32. The SMILES string of the molecule is O=S(=O)(C/C=C/CCc1cn(C(c2ccccc2)(c2ccccc2)c2ccccc2)cn1)NCc1ccc(Cl)cc1. The van der Waals surface area contributed by atoms with Crippen LogP contribution in [0.4, 0.5) is 0 Å². The maximum atomic E-state index is 12.4. The molecule has 208 valence electrons. The highest BCUT2D eigenvalue weighted by Crippen LogP contribution is 2.40. The molecule has 4 aromatic carbocycles. The van der Waals surface area contributed by atoms with Gasteiger partial charge in [-0.05, 0) is 47.2 Å². The molecule has 1 heterocycles. The lowest BCUT2D eigenvalue weighted by Crippen LogP contribution is -2.36. The van der Waals surface area contributed by atoms with E-state index < -0.39 is 15.6 Å². The van der Waals surface area contributed by atoms with Crippen molar-refractivity contribution in [2.45, 2.75) is 24.9 Å². The number of nitrogens with zero attached hydrogens (tertiary/aromatic N) is 2. The molecular formula is C34H32ClN3O2S. The zero-order chi connectivity index (χ0) is 28.5. The van der Waals surface area contributed by atoms with Crippen LogP contribution in [0.1, 0.15) is 34.4 Å². The summed E-state index contributed by atoms with van der Waals surface area (Å²) in [5, 5.41) is 0.621. The number of hydrogen-bond donors (Lipinski definition) is 1. The fourth-order valence-corrected chi connectivity index (χ4v) is 6.08. The first-order valence-corrected chi connectivity index (χ1v) is 15.6. The Morgan fingerprint density at radius 3 is 1.83 bits per heavy atom. The predicted molar refractivity (Wildman–Crippen MR) is 166 cm³/mol. The van der Waals surface area contributed by atoms with Gasteiger partial charge in [0.1, 0.15) is 5.54 Å². The maximum absolute atomic E-state index is 12.4. The number of aromatic nitrogens is 2. The Morgan fingerprint density at radius 1 is 0.756 bits per heavy atom. The number of allylic oxidation sites excluding steroid dienone is 1. The van der Waals surface area contributed by atoms with Gasteiger partial charge in [0.2, 0.25) is 10.0 Å². The Hall–Kier alpha value is -3.97. The van der Waals surface area contributed by atoms with E-state index >= 15 is 0 Å². The molecule has 7 heteroatoms. The molecule has 0 saturated heterocycles. The van der Waals surface area contributed by atoms with Crippen LogP contribution in [0.15, 0.2) is 140 Å². The van der Waals surface area contributed by atoms with Crippen molar-refractivity contribution in [1.82, 2.24) is 14.3 Å². The molecule has 0 aliphatic heterocycles. The van der Waals surface area contributed by atoms with E-state index in [1.165, 1.54) is 0 Å². The quantitative estimate of drug-likeness (QED) is 0.128. The zero-order valence-corrected chi connectivity index (χ0v) is 24.2. The Bertz CT molecular complexity index is 1570. The number of hydrogen-bond acceptors (Lipinski definition) is 3. The lowest BCUT2D eigenvalue weighted by atomic mass is 9.77. The van der Waals surface area contributed by atoms with Crippen molar-refractivity contribution in [2.75, 3.05) is 5.75 Å². The first-order valence-electron chi connectivity index (χ1n) is 13.5. The summed E-state index contributed by atoms with van der Waals surface area (Å²) in [5.41, 5.74) is 4.60. The van der Waals surface area contributed by atoms with Crippen molar-refractivity contribution in [1.29, 1.82) is 0 Å². The highest BCUT2D eigenvalue weighted by atomic mass is 35.5. The molecule has 0 radical (unpaired) electrons. The lowest BCUT2D eigenvalue weighted by Gasteiger charge is -2.37. The molecule has 0 amide bonds. The molecule has 0 atom stereocenters. The molecule has 1 aromatic heterocycles. The van der Waals surface area contributed by atoms with Crippen LogP contribution in [0, 0.1) is 0 Å². The van der Waals surface area contributed by atoms with Crippen LogP contribution in [-0.4, -0.2) is 23.7 Å². The van der Waals surface area contributed by atoms with Crippen molar-refractivity contribution >= 4 is 21.6 Å². The average molecular weight is 582 g/mol. The summed E-state index contributed by atoms with van der Waals surface area (Å²) in [6, 6.07) is 38.5. The minimum atomic E-state index is -3.43. The van der Waals surface area contributed by atoms with Gasteiger partial charge in [0, 0.05) is 17.8 Å². The average Bonchev–Trinajstić information content (AvgIpc) is 3.48. The van der Waals surface area contributed by atoms with E-state index in [9.17, 15) is 8.42 Å². The molecule has 1 N–H and O–H groups in total. The topological polar surface area (TPSA) is 64.0 Å². The van der Waals surface area contributed by atoms with Gasteiger partial charge in [-0.15, -0.1) is 0 Å². The lowest BCUT2D eigenvalue weighted by molar-refractivity contribution is 0.514. The van der Waals surface area contributed by atoms with E-state index in [0.717, 1.165) is 27.9 Å². The fraction of sp³-hybridized carbons (Fsp3) is 0.147. The second-order valence-corrected chi connectivity index (χ2v) is 12.1. The van der Waals surface area contributed by atoms with Crippen LogP contribution >= 0.6 is 11.6 Å². The van der Waals surface area contributed by atoms with Gasteiger partial charge >= 0.3 is 0 Å². The number of imidazole rings is 1. The van der Waals surface area contributed by atoms with Crippen molar-refractivity contribution in [2.24, 2.45) is 0 Å². The summed E-state index contributed by atoms with van der Waals surface area (Å²) in [4.78, 5) is 4.76. The molecule has 0 saturated carbocycles. The molecule has 5 nitrogen and oxygen atoms in total. The van der Waals surface area contributed by atoms with Gasteiger partial charge in [-0.3, -0.25) is 0 Å². The minimum Gasteiger partial charge on any atom is -0.319 e. The first kappa shape index (κ1) is 28.6. The third-order valence-electron chi connectivity index (χ3n) is 7.06. The summed E-state index contributed by atoms with van der Waals surface area (Å²) >= 11 is 5.90. The predicted octanol–water partition coefficient (Wildman–Crippen LogP) is 6.99. The van der Waals surface area contributed by atoms with Gasteiger partial charge in [0.05, 0.1) is 17.8 Å². The number of rotatable bonds is 12. The highest BCUT2D eigenvalue weighted by molar-refractivity contribution is 7.89. The van der Waals surface area contributed by atoms with E-state index in [4.69, 9.17) is 16.6 Å². The molecule has 5 aromatic rings. The highest BCUT2D eigenvalue weighted by Gasteiger charge is 2.38. The Morgan fingerprint density at radius 2 is 1.29 bits per heavy atom. The molecular weight excluding hydrogens is 550 g/mol. The molecule has 0 fully saturated rings. The molecule has 0 aliphatic rings. The fourth-order valence-electron chi connectivity index (χ4n) is 5.06. The maximum Gasteiger partial charge on any atom is 0.215 e. The van der Waals surface area contributed by atoms with Gasteiger partial charge in [-0.2, -0.15) is 0 Å². The number of aryl methyl sites for hydroxylation is 1. The summed E-state index contributed by atoms with van der Waals surface area (Å²) in [7, 11) is -3.43. The number of benzene rings is 4. The van der Waals surface area contributed by atoms with E-state index in [1.807, 2.05) is 42.7 Å². The van der Waals surface area contributed by atoms with Crippen LogP contribution < -0.4 is 4.72 Å². The van der Waals surface area contributed by atoms with Crippen LogP contribution in [0.25, 0.3) is 0 Å². The van der Waals surface area contributed by atoms with E-state index in [-0.39, 0.29) is 12.3 Å². The van der Waals surface area contributed by atoms with Gasteiger partial charge < -0.3 is 4.57 Å². The van der Waals surface area contributed by atoms with Gasteiger partial charge in [0.25, 0.3) is 0 Å². The molecule has 0 aliphatic carbocycles. The van der Waals surface area contributed by atoms with Crippen molar-refractivity contribution in [3.8, 4) is 0 Å². The largest absolute Gasteiger partial charge is 0.319 e. The van der Waals surface area contributed by atoms with Crippen LogP contribution in [-0.2, 0) is 28.5 Å². The number of halogens is 1. The van der Waals surface area contributed by atoms with Crippen LogP contribution in [0.5, 0.6) is 0 Å². The summed E-state index contributed by atoms with van der Waals surface area (Å²) in [6.07, 6.45) is 8.97. The molecule has 0 spiro atoms. The van der Waals surface area contributed by atoms with E-state index in [0.29, 0.717) is 17.9 Å². The summed E-state index contributed by atoms with van der Waals surface area (Å²) < 4.78 is 29.7. The van der Waals surface area contributed by atoms with Crippen molar-refractivity contribution < 1.29 is 8.42 Å². The number of sulfonamides is 1. The third kappa shape index (κ3) is 6.85. The normalized spacial score (nSPS) is 12.1. The second-order valence-electron chi connectivity index (χ2n) is 9.82. The van der Waals surface area contributed by atoms with Gasteiger partial charge in [0.15, 0.2) is 0 Å². The Labute approximate surface area is 247 Å². The Kier molecular flexibility index (Phi) is 9.14. The van der Waals surface area contributed by atoms with Gasteiger partial charge in [-0.1, -0.05) is 127 Å². The standard InChI is InChI=1S/C34H32ClN3O2S/c35-32-22-20-28(21-23-32)25-37-41(39,40)24-12-4-11-19-33-26-38(27-36-33)34(29-13-5-1-6-14-29,30-15-7-2-8-16-30)31-17-9-3-10-18-31/h1-10,12-18,20-23,26-27,37H,11,19,24-25H2/b12-4+.